The van der Waals surface area contributed by atoms with Crippen LogP contribution in [0.4, 0.5) is 4.79 Å². The van der Waals surface area contributed by atoms with Crippen molar-refractivity contribution >= 4 is 34.9 Å². The molecule has 17 heavy (non-hydrogen) atoms. The molecular weight excluding hydrogens is 262 g/mol. The van der Waals surface area contributed by atoms with E-state index in [4.69, 9.17) is 17.3 Å². The molecule has 1 aromatic rings. The second-order valence-corrected chi connectivity index (χ2v) is 5.35. The van der Waals surface area contributed by atoms with Gasteiger partial charge in [-0.15, -0.1) is 11.3 Å². The van der Waals surface area contributed by atoms with E-state index < -0.39 is 18.0 Å². The van der Waals surface area contributed by atoms with Crippen molar-refractivity contribution in [2.24, 2.45) is 5.73 Å². The number of carbonyl (C=O) groups is 2. The first kappa shape index (κ1) is 14.0. The normalized spacial score (nSPS) is 14.1. The number of halogens is 1. The molecule has 0 fully saturated rings. The summed E-state index contributed by atoms with van der Waals surface area (Å²) in [6, 6.07) is 2.30. The second kappa shape index (κ2) is 6.00. The van der Waals surface area contributed by atoms with Crippen LogP contribution in [0, 0.1) is 0 Å². The monoisotopic (exact) mass is 275 g/mol. The van der Waals surface area contributed by atoms with E-state index in [2.05, 4.69) is 5.32 Å². The first-order chi connectivity index (χ1) is 7.90. The standard InChI is InChI=1S/C10H14ClN3O2S/c1-5(7-3-4-8(11)17-7)13-6(2)9(15)14-10(12)16/h3-6,13H,1-2H3,(H3,12,14,15,16). The van der Waals surface area contributed by atoms with Gasteiger partial charge in [-0.3, -0.25) is 15.4 Å². The highest BCUT2D eigenvalue weighted by molar-refractivity contribution is 7.16. The zero-order valence-electron chi connectivity index (χ0n) is 9.49. The molecule has 0 saturated heterocycles. The van der Waals surface area contributed by atoms with Gasteiger partial charge in [-0.05, 0) is 26.0 Å². The number of urea groups is 1. The Bertz CT molecular complexity index is 421. The van der Waals surface area contributed by atoms with Crippen LogP contribution in [0.2, 0.25) is 4.34 Å². The minimum absolute atomic E-state index is 0.0267. The Balaban J connectivity index is 2.53. The minimum Gasteiger partial charge on any atom is -0.351 e. The Hall–Kier alpha value is -1.11. The molecule has 0 radical (unpaired) electrons. The van der Waals surface area contributed by atoms with Crippen molar-refractivity contribution in [3.63, 3.8) is 0 Å². The molecule has 1 rings (SSSR count). The number of hydrogen-bond donors (Lipinski definition) is 3. The number of thiophene rings is 1. The topological polar surface area (TPSA) is 84.2 Å². The van der Waals surface area contributed by atoms with E-state index in [0.717, 1.165) is 4.88 Å². The first-order valence-corrected chi connectivity index (χ1v) is 6.21. The Morgan fingerprint density at radius 1 is 1.41 bits per heavy atom. The smallest absolute Gasteiger partial charge is 0.318 e. The largest absolute Gasteiger partial charge is 0.351 e. The van der Waals surface area contributed by atoms with Gasteiger partial charge in [0.15, 0.2) is 0 Å². The molecule has 1 aromatic heterocycles. The summed E-state index contributed by atoms with van der Waals surface area (Å²) in [4.78, 5) is 23.0. The predicted molar refractivity (Wildman–Crippen MR) is 68.1 cm³/mol. The summed E-state index contributed by atoms with van der Waals surface area (Å²) < 4.78 is 0.697. The third-order valence-electron chi connectivity index (χ3n) is 2.16. The number of hydrogen-bond acceptors (Lipinski definition) is 4. The van der Waals surface area contributed by atoms with E-state index in [1.165, 1.54) is 11.3 Å². The molecule has 0 aliphatic heterocycles. The Morgan fingerprint density at radius 2 is 2.06 bits per heavy atom. The fourth-order valence-electron chi connectivity index (χ4n) is 1.32. The molecular formula is C10H14ClN3O2S. The molecule has 3 amide bonds. The number of primary amides is 1. The number of rotatable bonds is 4. The van der Waals surface area contributed by atoms with Crippen LogP contribution in [0.15, 0.2) is 12.1 Å². The number of carbonyl (C=O) groups excluding carboxylic acids is 2. The van der Waals surface area contributed by atoms with E-state index >= 15 is 0 Å². The van der Waals surface area contributed by atoms with Gasteiger partial charge in [0.25, 0.3) is 0 Å². The molecule has 4 N–H and O–H groups in total. The summed E-state index contributed by atoms with van der Waals surface area (Å²) in [5.74, 6) is -0.452. The molecule has 0 aliphatic rings. The first-order valence-electron chi connectivity index (χ1n) is 5.01. The molecule has 2 unspecified atom stereocenters. The molecule has 94 valence electrons. The van der Waals surface area contributed by atoms with Crippen molar-refractivity contribution in [3.05, 3.63) is 21.3 Å². The van der Waals surface area contributed by atoms with Crippen LogP contribution in [-0.2, 0) is 4.79 Å². The van der Waals surface area contributed by atoms with E-state index in [9.17, 15) is 9.59 Å². The summed E-state index contributed by atoms with van der Waals surface area (Å²) in [6.07, 6.45) is 0. The fourth-order valence-corrected chi connectivity index (χ4v) is 2.40. The number of nitrogens with one attached hydrogen (secondary N) is 2. The summed E-state index contributed by atoms with van der Waals surface area (Å²) in [6.45, 7) is 3.57. The lowest BCUT2D eigenvalue weighted by Gasteiger charge is -2.17. The predicted octanol–water partition coefficient (Wildman–Crippen LogP) is 1.64. The molecule has 5 nitrogen and oxygen atoms in total. The Morgan fingerprint density at radius 3 is 2.53 bits per heavy atom. The van der Waals surface area contributed by atoms with Gasteiger partial charge in [-0.2, -0.15) is 0 Å². The molecule has 1 heterocycles. The van der Waals surface area contributed by atoms with E-state index in [1.54, 1.807) is 13.0 Å². The number of amides is 3. The van der Waals surface area contributed by atoms with Gasteiger partial charge >= 0.3 is 6.03 Å². The molecule has 7 heteroatoms. The van der Waals surface area contributed by atoms with Crippen LogP contribution >= 0.6 is 22.9 Å². The molecule has 2 atom stereocenters. The summed E-state index contributed by atoms with van der Waals surface area (Å²) in [5.41, 5.74) is 4.86. The lowest BCUT2D eigenvalue weighted by molar-refractivity contribution is -0.121. The van der Waals surface area contributed by atoms with Gasteiger partial charge in [-0.25, -0.2) is 4.79 Å². The van der Waals surface area contributed by atoms with Crippen molar-refractivity contribution in [3.8, 4) is 0 Å². The maximum atomic E-state index is 11.4. The molecule has 0 spiro atoms. The van der Waals surface area contributed by atoms with Gasteiger partial charge in [0, 0.05) is 10.9 Å². The molecule has 0 bridgehead atoms. The zero-order valence-corrected chi connectivity index (χ0v) is 11.1. The van der Waals surface area contributed by atoms with Gasteiger partial charge < -0.3 is 5.73 Å². The average Bonchev–Trinajstić information content (AvgIpc) is 2.63. The number of nitrogens with two attached hydrogens (primary N) is 1. The van der Waals surface area contributed by atoms with Crippen molar-refractivity contribution in [2.45, 2.75) is 25.9 Å². The lowest BCUT2D eigenvalue weighted by Crippen LogP contribution is -2.46. The summed E-state index contributed by atoms with van der Waals surface area (Å²) in [5, 5.41) is 5.07. The van der Waals surface area contributed by atoms with Gasteiger partial charge in [-0.1, -0.05) is 11.6 Å². The van der Waals surface area contributed by atoms with Crippen LogP contribution in [0.5, 0.6) is 0 Å². The van der Waals surface area contributed by atoms with E-state index in [-0.39, 0.29) is 6.04 Å². The van der Waals surface area contributed by atoms with Crippen molar-refractivity contribution in [2.75, 3.05) is 0 Å². The third kappa shape index (κ3) is 4.33. The zero-order chi connectivity index (χ0) is 13.0. The fraction of sp³-hybridized carbons (Fsp3) is 0.400. The minimum atomic E-state index is -0.851. The lowest BCUT2D eigenvalue weighted by atomic mass is 10.2. The van der Waals surface area contributed by atoms with E-state index in [1.807, 2.05) is 18.3 Å². The summed E-state index contributed by atoms with van der Waals surface area (Å²) >= 11 is 7.27. The Kier molecular flexibility index (Phi) is 4.92. The molecule has 0 aromatic carbocycles. The van der Waals surface area contributed by atoms with Crippen LogP contribution in [-0.4, -0.2) is 18.0 Å². The molecule has 0 saturated carbocycles. The van der Waals surface area contributed by atoms with Crippen molar-refractivity contribution in [1.29, 1.82) is 0 Å². The van der Waals surface area contributed by atoms with E-state index in [0.29, 0.717) is 4.34 Å². The third-order valence-corrected chi connectivity index (χ3v) is 3.57. The van der Waals surface area contributed by atoms with Gasteiger partial charge in [0.05, 0.1) is 10.4 Å². The highest BCUT2D eigenvalue weighted by Crippen LogP contribution is 2.26. The second-order valence-electron chi connectivity index (χ2n) is 3.61. The van der Waals surface area contributed by atoms with Crippen LogP contribution < -0.4 is 16.4 Å². The van der Waals surface area contributed by atoms with Crippen LogP contribution in [0.1, 0.15) is 24.8 Å². The van der Waals surface area contributed by atoms with Crippen LogP contribution in [0.3, 0.4) is 0 Å². The molecule has 0 aliphatic carbocycles. The SMILES string of the molecule is CC(NC(C)c1ccc(Cl)s1)C(=O)NC(N)=O. The van der Waals surface area contributed by atoms with Crippen LogP contribution in [0.25, 0.3) is 0 Å². The highest BCUT2D eigenvalue weighted by Gasteiger charge is 2.18. The Labute approximate surface area is 108 Å². The van der Waals surface area contributed by atoms with Gasteiger partial charge in [0.1, 0.15) is 0 Å². The number of imide groups is 1. The highest BCUT2D eigenvalue weighted by atomic mass is 35.5. The maximum Gasteiger partial charge on any atom is 0.318 e. The van der Waals surface area contributed by atoms with Crippen molar-refractivity contribution in [1.82, 2.24) is 10.6 Å². The van der Waals surface area contributed by atoms with Gasteiger partial charge in [0.2, 0.25) is 5.91 Å². The maximum absolute atomic E-state index is 11.4. The summed E-state index contributed by atoms with van der Waals surface area (Å²) in [7, 11) is 0. The average molecular weight is 276 g/mol. The van der Waals surface area contributed by atoms with Crippen molar-refractivity contribution < 1.29 is 9.59 Å². The quantitative estimate of drug-likeness (QED) is 0.781.